The minimum Gasteiger partial charge on any atom is -0.497 e. The van der Waals surface area contributed by atoms with Gasteiger partial charge in [0.15, 0.2) is 0 Å². The Hall–Kier alpha value is -2.01. The van der Waals surface area contributed by atoms with Gasteiger partial charge in [0.05, 0.1) is 19.8 Å². The molecule has 2 aromatic rings. The number of H-pyrrole nitrogens is 1. The molecule has 0 saturated carbocycles. The Morgan fingerprint density at radius 2 is 2.11 bits per heavy atom. The number of nitrogens with two attached hydrogens (primary N) is 1. The van der Waals surface area contributed by atoms with Crippen LogP contribution in [-0.4, -0.2) is 30.7 Å². The zero-order valence-electron chi connectivity index (χ0n) is 10.6. The first-order valence-electron chi connectivity index (χ1n) is 5.75. The SMILES string of the molecule is COc1ccc(OC)c(-c2ncc(CCN)[nH]2)c1. The number of hydrogen-bond donors (Lipinski definition) is 2. The van der Waals surface area contributed by atoms with Crippen molar-refractivity contribution in [1.29, 1.82) is 0 Å². The van der Waals surface area contributed by atoms with Gasteiger partial charge in [-0.25, -0.2) is 4.98 Å². The van der Waals surface area contributed by atoms with Gasteiger partial charge in [-0.1, -0.05) is 0 Å². The summed E-state index contributed by atoms with van der Waals surface area (Å²) in [4.78, 5) is 7.57. The number of imidazole rings is 1. The lowest BCUT2D eigenvalue weighted by Gasteiger charge is -2.08. The number of hydrogen-bond acceptors (Lipinski definition) is 4. The fraction of sp³-hybridized carbons (Fsp3) is 0.308. The molecule has 5 heteroatoms. The summed E-state index contributed by atoms with van der Waals surface area (Å²) in [6.07, 6.45) is 2.57. The van der Waals surface area contributed by atoms with Gasteiger partial charge in [-0.15, -0.1) is 0 Å². The highest BCUT2D eigenvalue weighted by atomic mass is 16.5. The zero-order valence-corrected chi connectivity index (χ0v) is 10.6. The molecule has 2 rings (SSSR count). The quantitative estimate of drug-likeness (QED) is 0.841. The minimum atomic E-state index is 0.594. The van der Waals surface area contributed by atoms with E-state index < -0.39 is 0 Å². The predicted molar refractivity (Wildman–Crippen MR) is 69.9 cm³/mol. The van der Waals surface area contributed by atoms with E-state index in [9.17, 15) is 0 Å². The van der Waals surface area contributed by atoms with Gasteiger partial charge < -0.3 is 20.2 Å². The van der Waals surface area contributed by atoms with Gasteiger partial charge in [-0.2, -0.15) is 0 Å². The predicted octanol–water partition coefficient (Wildman–Crippen LogP) is 1.60. The maximum atomic E-state index is 5.52. The smallest absolute Gasteiger partial charge is 0.141 e. The summed E-state index contributed by atoms with van der Waals surface area (Å²) in [5.74, 6) is 2.28. The number of aromatic nitrogens is 2. The van der Waals surface area contributed by atoms with Gasteiger partial charge >= 0.3 is 0 Å². The van der Waals surface area contributed by atoms with E-state index >= 15 is 0 Å². The standard InChI is InChI=1S/C13H17N3O2/c1-17-10-3-4-12(18-2)11(7-10)13-15-8-9(16-13)5-6-14/h3-4,7-8H,5-6,14H2,1-2H3,(H,15,16). The van der Waals surface area contributed by atoms with Gasteiger partial charge in [0, 0.05) is 18.3 Å². The topological polar surface area (TPSA) is 73.2 Å². The van der Waals surface area contributed by atoms with Crippen molar-refractivity contribution in [2.75, 3.05) is 20.8 Å². The molecule has 3 N–H and O–H groups in total. The molecule has 1 heterocycles. The van der Waals surface area contributed by atoms with Crippen molar-refractivity contribution in [2.24, 2.45) is 5.73 Å². The molecular weight excluding hydrogens is 230 g/mol. The van der Waals surface area contributed by atoms with Gasteiger partial charge in [-0.05, 0) is 24.7 Å². The number of benzene rings is 1. The summed E-state index contributed by atoms with van der Waals surface area (Å²) in [5.41, 5.74) is 7.40. The van der Waals surface area contributed by atoms with Crippen LogP contribution in [0.2, 0.25) is 0 Å². The molecule has 0 aliphatic heterocycles. The maximum Gasteiger partial charge on any atom is 0.141 e. The Balaban J connectivity index is 2.40. The fourth-order valence-electron chi connectivity index (χ4n) is 1.78. The van der Waals surface area contributed by atoms with Crippen LogP contribution in [0.4, 0.5) is 0 Å². The van der Waals surface area contributed by atoms with E-state index in [1.807, 2.05) is 18.2 Å². The second-order valence-electron chi connectivity index (χ2n) is 3.86. The van der Waals surface area contributed by atoms with E-state index in [4.69, 9.17) is 15.2 Å². The van der Waals surface area contributed by atoms with Crippen LogP contribution in [0, 0.1) is 0 Å². The van der Waals surface area contributed by atoms with Gasteiger partial charge in [0.25, 0.3) is 0 Å². The van der Waals surface area contributed by atoms with Crippen LogP contribution in [0.15, 0.2) is 24.4 Å². The molecule has 96 valence electrons. The number of rotatable bonds is 5. The van der Waals surface area contributed by atoms with Crippen molar-refractivity contribution in [3.8, 4) is 22.9 Å². The van der Waals surface area contributed by atoms with E-state index in [2.05, 4.69) is 9.97 Å². The highest BCUT2D eigenvalue weighted by Gasteiger charge is 2.10. The number of nitrogens with one attached hydrogen (secondary N) is 1. The van der Waals surface area contributed by atoms with E-state index in [1.54, 1.807) is 20.4 Å². The third-order valence-electron chi connectivity index (χ3n) is 2.70. The molecule has 0 aliphatic carbocycles. The summed E-state index contributed by atoms with van der Waals surface area (Å²) < 4.78 is 10.5. The third-order valence-corrected chi connectivity index (χ3v) is 2.70. The van der Waals surface area contributed by atoms with E-state index in [0.717, 1.165) is 35.0 Å². The van der Waals surface area contributed by atoms with Crippen LogP contribution in [0.1, 0.15) is 5.69 Å². The Morgan fingerprint density at radius 1 is 1.28 bits per heavy atom. The minimum absolute atomic E-state index is 0.594. The van der Waals surface area contributed by atoms with Crippen molar-refractivity contribution in [3.63, 3.8) is 0 Å². The Morgan fingerprint density at radius 3 is 2.78 bits per heavy atom. The number of methoxy groups -OCH3 is 2. The second-order valence-corrected chi connectivity index (χ2v) is 3.86. The molecule has 1 aromatic heterocycles. The van der Waals surface area contributed by atoms with Crippen LogP contribution >= 0.6 is 0 Å². The van der Waals surface area contributed by atoms with E-state index in [1.165, 1.54) is 0 Å². The molecular formula is C13H17N3O2. The first kappa shape index (κ1) is 12.4. The molecule has 0 radical (unpaired) electrons. The normalized spacial score (nSPS) is 10.4. The molecule has 0 unspecified atom stereocenters. The van der Waals surface area contributed by atoms with Crippen molar-refractivity contribution in [2.45, 2.75) is 6.42 Å². The molecule has 18 heavy (non-hydrogen) atoms. The summed E-state index contributed by atoms with van der Waals surface area (Å²) in [6.45, 7) is 0.594. The third kappa shape index (κ3) is 2.46. The molecule has 1 aromatic carbocycles. The Labute approximate surface area is 106 Å². The second kappa shape index (κ2) is 5.55. The fourth-order valence-corrected chi connectivity index (χ4v) is 1.78. The number of ether oxygens (including phenoxy) is 2. The Kier molecular flexibility index (Phi) is 3.84. The van der Waals surface area contributed by atoms with Gasteiger partial charge in [-0.3, -0.25) is 0 Å². The Bertz CT molecular complexity index is 523. The first-order chi connectivity index (χ1) is 8.78. The first-order valence-corrected chi connectivity index (χ1v) is 5.75. The van der Waals surface area contributed by atoms with Crippen LogP contribution in [0.5, 0.6) is 11.5 Å². The largest absolute Gasteiger partial charge is 0.497 e. The average Bonchev–Trinajstić information content (AvgIpc) is 2.87. The van der Waals surface area contributed by atoms with Gasteiger partial charge in [0.2, 0.25) is 0 Å². The van der Waals surface area contributed by atoms with Crippen molar-refractivity contribution >= 4 is 0 Å². The van der Waals surface area contributed by atoms with Crippen LogP contribution in [0.3, 0.4) is 0 Å². The monoisotopic (exact) mass is 247 g/mol. The van der Waals surface area contributed by atoms with E-state index in [0.29, 0.717) is 6.54 Å². The van der Waals surface area contributed by atoms with Crippen molar-refractivity contribution < 1.29 is 9.47 Å². The summed E-state index contributed by atoms with van der Waals surface area (Å²) >= 11 is 0. The summed E-state index contributed by atoms with van der Waals surface area (Å²) in [7, 11) is 3.27. The molecule has 0 aliphatic rings. The highest BCUT2D eigenvalue weighted by Crippen LogP contribution is 2.31. The lowest BCUT2D eigenvalue weighted by Crippen LogP contribution is -2.02. The maximum absolute atomic E-state index is 5.52. The molecule has 0 spiro atoms. The van der Waals surface area contributed by atoms with Crippen LogP contribution in [0.25, 0.3) is 11.4 Å². The molecule has 5 nitrogen and oxygen atoms in total. The van der Waals surface area contributed by atoms with Crippen molar-refractivity contribution in [3.05, 3.63) is 30.1 Å². The molecule has 0 atom stereocenters. The molecule has 0 bridgehead atoms. The molecule has 0 amide bonds. The summed E-state index contributed by atoms with van der Waals surface area (Å²) in [6, 6.07) is 5.61. The van der Waals surface area contributed by atoms with E-state index in [-0.39, 0.29) is 0 Å². The van der Waals surface area contributed by atoms with Gasteiger partial charge in [0.1, 0.15) is 17.3 Å². The number of nitrogens with zero attached hydrogens (tertiary/aromatic N) is 1. The molecule has 0 saturated heterocycles. The lowest BCUT2D eigenvalue weighted by atomic mass is 10.2. The van der Waals surface area contributed by atoms with Crippen LogP contribution < -0.4 is 15.2 Å². The van der Waals surface area contributed by atoms with Crippen molar-refractivity contribution in [1.82, 2.24) is 9.97 Å². The average molecular weight is 247 g/mol. The van der Waals surface area contributed by atoms with Crippen LogP contribution in [-0.2, 0) is 6.42 Å². The molecule has 0 fully saturated rings. The highest BCUT2D eigenvalue weighted by molar-refractivity contribution is 5.66. The summed E-state index contributed by atoms with van der Waals surface area (Å²) in [5, 5.41) is 0. The number of aromatic amines is 1. The zero-order chi connectivity index (χ0) is 13.0. The lowest BCUT2D eigenvalue weighted by molar-refractivity contribution is 0.404.